The minimum absolute atomic E-state index is 0.133. The van der Waals surface area contributed by atoms with Crippen LogP contribution in [0.25, 0.3) is 0 Å². The van der Waals surface area contributed by atoms with Crippen molar-refractivity contribution in [2.24, 2.45) is 0 Å². The maximum atomic E-state index is 12.3. The molecule has 2 aromatic rings. The summed E-state index contributed by atoms with van der Waals surface area (Å²) in [6.07, 6.45) is 6.85. The lowest BCUT2D eigenvalue weighted by molar-refractivity contribution is -0.132. The molecule has 1 aliphatic heterocycles. The molecule has 7 heteroatoms. The summed E-state index contributed by atoms with van der Waals surface area (Å²) in [7, 11) is 0. The number of carbonyl (C=O) groups excluding carboxylic acids is 1. The Hall–Kier alpha value is -2.18. The molecular weight excluding hydrogens is 270 g/mol. The summed E-state index contributed by atoms with van der Waals surface area (Å²) < 4.78 is 7.67. The molecule has 1 saturated carbocycles. The fourth-order valence-electron chi connectivity index (χ4n) is 2.63. The molecule has 21 heavy (non-hydrogen) atoms. The van der Waals surface area contributed by atoms with Crippen molar-refractivity contribution in [1.82, 2.24) is 24.6 Å². The third-order valence-corrected chi connectivity index (χ3v) is 4.08. The number of fused-ring (bicyclic) bond motifs is 1. The first kappa shape index (κ1) is 12.6. The zero-order valence-corrected chi connectivity index (χ0v) is 11.7. The van der Waals surface area contributed by atoms with Gasteiger partial charge in [0.15, 0.2) is 0 Å². The van der Waals surface area contributed by atoms with Crippen LogP contribution in [0.15, 0.2) is 16.9 Å². The lowest BCUT2D eigenvalue weighted by Gasteiger charge is -2.28. The monoisotopic (exact) mass is 287 g/mol. The predicted octanol–water partition coefficient (Wildman–Crippen LogP) is 1.12. The summed E-state index contributed by atoms with van der Waals surface area (Å²) >= 11 is 0. The van der Waals surface area contributed by atoms with E-state index >= 15 is 0 Å². The third-order valence-electron chi connectivity index (χ3n) is 4.08. The number of nitrogens with zero attached hydrogens (tertiary/aromatic N) is 5. The second kappa shape index (κ2) is 4.98. The second-order valence-corrected chi connectivity index (χ2v) is 5.70. The molecule has 4 rings (SSSR count). The fourth-order valence-corrected chi connectivity index (χ4v) is 2.63. The standard InChI is InChI=1S/C14H17N5O2/c20-13(18-5-6-19-9-15-7-11(19)8-18)4-3-12-16-17-14(21-12)10-1-2-10/h7,9-10H,1-6,8H2. The summed E-state index contributed by atoms with van der Waals surface area (Å²) in [6.45, 7) is 2.18. The minimum Gasteiger partial charge on any atom is -0.425 e. The van der Waals surface area contributed by atoms with Crippen molar-refractivity contribution in [2.45, 2.75) is 44.7 Å². The lowest BCUT2D eigenvalue weighted by Crippen LogP contribution is -2.38. The van der Waals surface area contributed by atoms with E-state index in [4.69, 9.17) is 4.42 Å². The molecule has 0 unspecified atom stereocenters. The number of amides is 1. The van der Waals surface area contributed by atoms with Gasteiger partial charge in [-0.3, -0.25) is 4.79 Å². The molecule has 0 saturated heterocycles. The summed E-state index contributed by atoms with van der Waals surface area (Å²) in [5, 5.41) is 8.06. The van der Waals surface area contributed by atoms with Gasteiger partial charge in [0, 0.05) is 38.0 Å². The van der Waals surface area contributed by atoms with Crippen LogP contribution in [0.5, 0.6) is 0 Å². The van der Waals surface area contributed by atoms with Gasteiger partial charge in [-0.1, -0.05) is 0 Å². The van der Waals surface area contributed by atoms with Gasteiger partial charge in [-0.15, -0.1) is 10.2 Å². The van der Waals surface area contributed by atoms with Gasteiger partial charge < -0.3 is 13.9 Å². The SMILES string of the molecule is O=C(CCc1nnc(C2CC2)o1)N1CCn2cncc2C1. The molecule has 7 nitrogen and oxygen atoms in total. The van der Waals surface area contributed by atoms with Crippen molar-refractivity contribution in [1.29, 1.82) is 0 Å². The van der Waals surface area contributed by atoms with Crippen LogP contribution in [0.3, 0.4) is 0 Å². The van der Waals surface area contributed by atoms with Gasteiger partial charge in [-0.25, -0.2) is 4.98 Å². The van der Waals surface area contributed by atoms with E-state index in [9.17, 15) is 4.79 Å². The number of rotatable bonds is 4. The molecule has 0 aromatic carbocycles. The zero-order valence-electron chi connectivity index (χ0n) is 11.7. The molecule has 1 fully saturated rings. The van der Waals surface area contributed by atoms with E-state index in [1.807, 2.05) is 17.4 Å². The number of hydrogen-bond donors (Lipinski definition) is 0. The second-order valence-electron chi connectivity index (χ2n) is 5.70. The van der Waals surface area contributed by atoms with Crippen molar-refractivity contribution in [3.8, 4) is 0 Å². The Balaban J connectivity index is 1.33. The fraction of sp³-hybridized carbons (Fsp3) is 0.571. The molecule has 0 N–H and O–H groups in total. The van der Waals surface area contributed by atoms with Crippen molar-refractivity contribution in [3.05, 3.63) is 30.0 Å². The van der Waals surface area contributed by atoms with Gasteiger partial charge in [0.25, 0.3) is 0 Å². The average Bonchev–Trinajstić information content (AvgIpc) is 3.07. The van der Waals surface area contributed by atoms with Gasteiger partial charge in [-0.05, 0) is 12.8 Å². The van der Waals surface area contributed by atoms with Crippen molar-refractivity contribution in [3.63, 3.8) is 0 Å². The third kappa shape index (κ3) is 2.55. The first-order valence-corrected chi connectivity index (χ1v) is 7.38. The molecule has 0 spiro atoms. The van der Waals surface area contributed by atoms with E-state index in [0.717, 1.165) is 37.5 Å². The Morgan fingerprint density at radius 2 is 2.24 bits per heavy atom. The van der Waals surface area contributed by atoms with E-state index < -0.39 is 0 Å². The van der Waals surface area contributed by atoms with Crippen LogP contribution in [-0.4, -0.2) is 37.1 Å². The highest BCUT2D eigenvalue weighted by atomic mass is 16.4. The minimum atomic E-state index is 0.133. The van der Waals surface area contributed by atoms with E-state index in [-0.39, 0.29) is 5.91 Å². The molecule has 2 aliphatic rings. The molecule has 1 amide bonds. The topological polar surface area (TPSA) is 77.0 Å². The van der Waals surface area contributed by atoms with Crippen LogP contribution in [0.1, 0.15) is 42.7 Å². The Morgan fingerprint density at radius 1 is 1.33 bits per heavy atom. The number of aryl methyl sites for hydroxylation is 1. The van der Waals surface area contributed by atoms with Crippen LogP contribution >= 0.6 is 0 Å². The lowest BCUT2D eigenvalue weighted by atomic mass is 10.2. The van der Waals surface area contributed by atoms with Crippen LogP contribution < -0.4 is 0 Å². The highest BCUT2D eigenvalue weighted by Gasteiger charge is 2.29. The smallest absolute Gasteiger partial charge is 0.223 e. The number of hydrogen-bond acceptors (Lipinski definition) is 5. The van der Waals surface area contributed by atoms with Gasteiger partial charge >= 0.3 is 0 Å². The predicted molar refractivity (Wildman–Crippen MR) is 72.2 cm³/mol. The van der Waals surface area contributed by atoms with Crippen LogP contribution in [0, 0.1) is 0 Å². The van der Waals surface area contributed by atoms with Crippen molar-refractivity contribution >= 4 is 5.91 Å². The van der Waals surface area contributed by atoms with E-state index in [1.165, 1.54) is 0 Å². The average molecular weight is 287 g/mol. The van der Waals surface area contributed by atoms with Crippen molar-refractivity contribution in [2.75, 3.05) is 6.54 Å². The molecule has 3 heterocycles. The zero-order chi connectivity index (χ0) is 14.2. The van der Waals surface area contributed by atoms with Crippen LogP contribution in [0.2, 0.25) is 0 Å². The summed E-state index contributed by atoms with van der Waals surface area (Å²) in [5.74, 6) is 1.91. The van der Waals surface area contributed by atoms with Crippen molar-refractivity contribution < 1.29 is 9.21 Å². The summed E-state index contributed by atoms with van der Waals surface area (Å²) in [5.41, 5.74) is 1.09. The molecular formula is C14H17N5O2. The normalized spacial score (nSPS) is 17.8. The highest BCUT2D eigenvalue weighted by molar-refractivity contribution is 5.76. The number of carbonyl (C=O) groups is 1. The molecule has 0 radical (unpaired) electrons. The Labute approximate surface area is 122 Å². The molecule has 0 atom stereocenters. The largest absolute Gasteiger partial charge is 0.425 e. The number of aromatic nitrogens is 4. The van der Waals surface area contributed by atoms with Gasteiger partial charge in [-0.2, -0.15) is 0 Å². The van der Waals surface area contributed by atoms with Crippen LogP contribution in [0.4, 0.5) is 0 Å². The quantitative estimate of drug-likeness (QED) is 0.842. The maximum Gasteiger partial charge on any atom is 0.223 e. The first-order chi connectivity index (χ1) is 10.3. The molecule has 1 aliphatic carbocycles. The molecule has 110 valence electrons. The Bertz CT molecular complexity index is 658. The van der Waals surface area contributed by atoms with Gasteiger partial charge in [0.1, 0.15) is 0 Å². The number of imidazole rings is 1. The van der Waals surface area contributed by atoms with Gasteiger partial charge in [0.05, 0.1) is 18.6 Å². The Morgan fingerprint density at radius 3 is 3.10 bits per heavy atom. The maximum absolute atomic E-state index is 12.3. The van der Waals surface area contributed by atoms with E-state index in [1.54, 1.807) is 0 Å². The van der Waals surface area contributed by atoms with Crippen LogP contribution in [-0.2, 0) is 24.3 Å². The summed E-state index contributed by atoms with van der Waals surface area (Å²) in [4.78, 5) is 18.2. The molecule has 2 aromatic heterocycles. The van der Waals surface area contributed by atoms with E-state index in [2.05, 4.69) is 19.7 Å². The Kier molecular flexibility index (Phi) is 2.98. The molecule has 0 bridgehead atoms. The highest BCUT2D eigenvalue weighted by Crippen LogP contribution is 2.39. The first-order valence-electron chi connectivity index (χ1n) is 7.38. The van der Waals surface area contributed by atoms with Gasteiger partial charge in [0.2, 0.25) is 17.7 Å². The summed E-state index contributed by atoms with van der Waals surface area (Å²) in [6, 6.07) is 0. The van der Waals surface area contributed by atoms with E-state index in [0.29, 0.717) is 31.2 Å².